The zero-order valence-electron chi connectivity index (χ0n) is 19.4. The minimum atomic E-state index is -0.311. The Kier molecular flexibility index (Phi) is 7.37. The number of rotatable bonds is 9. The van der Waals surface area contributed by atoms with Gasteiger partial charge in [0.15, 0.2) is 11.5 Å². The van der Waals surface area contributed by atoms with Crippen molar-refractivity contribution in [1.82, 2.24) is 9.80 Å². The van der Waals surface area contributed by atoms with E-state index in [0.29, 0.717) is 36.0 Å². The van der Waals surface area contributed by atoms with Gasteiger partial charge in [0, 0.05) is 18.8 Å². The molecule has 1 aliphatic heterocycles. The summed E-state index contributed by atoms with van der Waals surface area (Å²) in [4.78, 5) is 29.7. The van der Waals surface area contributed by atoms with Crippen molar-refractivity contribution >= 4 is 17.6 Å². The molecule has 178 valence electrons. The maximum absolute atomic E-state index is 13.5. The Bertz CT molecular complexity index is 1100. The second-order valence-electron chi connectivity index (χ2n) is 8.59. The van der Waals surface area contributed by atoms with E-state index in [2.05, 4.69) is 5.32 Å². The number of urea groups is 1. The van der Waals surface area contributed by atoms with Gasteiger partial charge in [-0.3, -0.25) is 4.79 Å². The summed E-state index contributed by atoms with van der Waals surface area (Å²) in [6.07, 6.45) is 1.58. The van der Waals surface area contributed by atoms with Gasteiger partial charge in [0.05, 0.1) is 12.8 Å². The topological polar surface area (TPSA) is 84.2 Å². The van der Waals surface area contributed by atoms with E-state index in [4.69, 9.17) is 13.9 Å². The van der Waals surface area contributed by atoms with Gasteiger partial charge in [-0.1, -0.05) is 38.1 Å². The Morgan fingerprint density at radius 3 is 2.47 bits per heavy atom. The number of amides is 3. The smallest absolute Gasteiger partial charge is 0.322 e. The Balaban J connectivity index is 1.50. The van der Waals surface area contributed by atoms with Crippen LogP contribution in [-0.4, -0.2) is 41.6 Å². The molecule has 0 spiro atoms. The lowest BCUT2D eigenvalue weighted by Crippen LogP contribution is -2.45. The quantitative estimate of drug-likeness (QED) is 0.496. The number of ether oxygens (including phenoxy) is 2. The highest BCUT2D eigenvalue weighted by molar-refractivity contribution is 5.92. The van der Waals surface area contributed by atoms with Crippen LogP contribution in [0.5, 0.6) is 11.5 Å². The lowest BCUT2D eigenvalue weighted by Gasteiger charge is -2.28. The average Bonchev–Trinajstić information content (AvgIpc) is 3.50. The van der Waals surface area contributed by atoms with E-state index in [1.165, 1.54) is 0 Å². The molecule has 1 aromatic heterocycles. The molecule has 3 aromatic rings. The molecule has 0 fully saturated rings. The number of furan rings is 1. The lowest BCUT2D eigenvalue weighted by molar-refractivity contribution is -0.133. The molecule has 0 unspecified atom stereocenters. The van der Waals surface area contributed by atoms with Crippen LogP contribution in [0.15, 0.2) is 71.3 Å². The van der Waals surface area contributed by atoms with Crippen LogP contribution in [-0.2, 0) is 17.9 Å². The number of carbonyl (C=O) groups excluding carboxylic acids is 2. The SMILES string of the molecule is CC(C)CN(CC(=O)N(Cc1ccc2c(c1)OCO2)Cc1ccco1)C(=O)Nc1ccccc1. The molecule has 0 atom stereocenters. The standard InChI is InChI=1S/C26H29N3O5/c1-19(2)14-29(26(31)27-21-7-4-3-5-8-21)17-25(30)28(16-22-9-6-12-32-22)15-20-10-11-23-24(13-20)34-18-33-23/h3-13,19H,14-18H2,1-2H3,(H,27,31). The Morgan fingerprint density at radius 1 is 0.941 bits per heavy atom. The first-order valence-corrected chi connectivity index (χ1v) is 11.3. The fourth-order valence-corrected chi connectivity index (χ4v) is 3.73. The van der Waals surface area contributed by atoms with Crippen molar-refractivity contribution in [3.05, 3.63) is 78.3 Å². The van der Waals surface area contributed by atoms with E-state index >= 15 is 0 Å². The third kappa shape index (κ3) is 6.10. The molecule has 3 amide bonds. The van der Waals surface area contributed by atoms with Crippen LogP contribution in [0, 0.1) is 5.92 Å². The number of anilines is 1. The Morgan fingerprint density at radius 2 is 1.74 bits per heavy atom. The molecule has 34 heavy (non-hydrogen) atoms. The normalized spacial score (nSPS) is 12.0. The van der Waals surface area contributed by atoms with Gasteiger partial charge in [0.2, 0.25) is 12.7 Å². The van der Waals surface area contributed by atoms with Crippen LogP contribution in [0.3, 0.4) is 0 Å². The number of fused-ring (bicyclic) bond motifs is 1. The average molecular weight is 464 g/mol. The fourth-order valence-electron chi connectivity index (χ4n) is 3.73. The van der Waals surface area contributed by atoms with Gasteiger partial charge in [-0.2, -0.15) is 0 Å². The third-order valence-electron chi connectivity index (χ3n) is 5.31. The molecule has 0 saturated carbocycles. The summed E-state index contributed by atoms with van der Waals surface area (Å²) in [7, 11) is 0. The van der Waals surface area contributed by atoms with E-state index in [1.807, 2.05) is 68.4 Å². The molecule has 0 aliphatic carbocycles. The summed E-state index contributed by atoms with van der Waals surface area (Å²) in [5.74, 6) is 2.03. The van der Waals surface area contributed by atoms with Crippen molar-refractivity contribution in [1.29, 1.82) is 0 Å². The van der Waals surface area contributed by atoms with E-state index in [9.17, 15) is 9.59 Å². The van der Waals surface area contributed by atoms with Gasteiger partial charge in [-0.05, 0) is 47.9 Å². The predicted molar refractivity (Wildman–Crippen MR) is 127 cm³/mol. The molecule has 2 aromatic carbocycles. The minimum Gasteiger partial charge on any atom is -0.467 e. The van der Waals surface area contributed by atoms with Gasteiger partial charge in [0.25, 0.3) is 0 Å². The third-order valence-corrected chi connectivity index (χ3v) is 5.31. The summed E-state index contributed by atoms with van der Waals surface area (Å²) in [6, 6.07) is 18.1. The van der Waals surface area contributed by atoms with Gasteiger partial charge < -0.3 is 29.0 Å². The first-order chi connectivity index (χ1) is 16.5. The molecule has 0 bridgehead atoms. The number of carbonyl (C=O) groups is 2. The molecule has 8 nitrogen and oxygen atoms in total. The second kappa shape index (κ2) is 10.8. The molecule has 0 saturated heterocycles. The monoisotopic (exact) mass is 463 g/mol. The van der Waals surface area contributed by atoms with Crippen molar-refractivity contribution < 1.29 is 23.5 Å². The highest BCUT2D eigenvalue weighted by Gasteiger charge is 2.24. The molecular formula is C26H29N3O5. The van der Waals surface area contributed by atoms with Gasteiger partial charge in [0.1, 0.15) is 12.3 Å². The molecule has 1 aliphatic rings. The van der Waals surface area contributed by atoms with Crippen molar-refractivity contribution in [2.45, 2.75) is 26.9 Å². The Labute approximate surface area is 199 Å². The first-order valence-electron chi connectivity index (χ1n) is 11.3. The van der Waals surface area contributed by atoms with E-state index in [-0.39, 0.29) is 37.7 Å². The van der Waals surface area contributed by atoms with Crippen LogP contribution in [0.25, 0.3) is 0 Å². The van der Waals surface area contributed by atoms with E-state index in [1.54, 1.807) is 22.1 Å². The molecule has 2 heterocycles. The van der Waals surface area contributed by atoms with Crippen LogP contribution >= 0.6 is 0 Å². The number of hydrogen-bond acceptors (Lipinski definition) is 5. The Hall–Kier alpha value is -3.94. The fraction of sp³-hybridized carbons (Fsp3) is 0.308. The van der Waals surface area contributed by atoms with E-state index in [0.717, 1.165) is 5.56 Å². The highest BCUT2D eigenvalue weighted by atomic mass is 16.7. The molecule has 4 rings (SSSR count). The zero-order valence-corrected chi connectivity index (χ0v) is 19.4. The van der Waals surface area contributed by atoms with Crippen LogP contribution in [0.2, 0.25) is 0 Å². The highest BCUT2D eigenvalue weighted by Crippen LogP contribution is 2.33. The van der Waals surface area contributed by atoms with Crippen molar-refractivity contribution in [3.63, 3.8) is 0 Å². The maximum atomic E-state index is 13.5. The number of benzene rings is 2. The van der Waals surface area contributed by atoms with Gasteiger partial charge >= 0.3 is 6.03 Å². The number of para-hydroxylation sites is 1. The second-order valence-corrected chi connectivity index (χ2v) is 8.59. The molecular weight excluding hydrogens is 434 g/mol. The van der Waals surface area contributed by atoms with Crippen LogP contribution < -0.4 is 14.8 Å². The van der Waals surface area contributed by atoms with Crippen LogP contribution in [0.4, 0.5) is 10.5 Å². The summed E-state index contributed by atoms with van der Waals surface area (Å²) in [5, 5.41) is 2.88. The van der Waals surface area contributed by atoms with Crippen LogP contribution in [0.1, 0.15) is 25.2 Å². The maximum Gasteiger partial charge on any atom is 0.322 e. The van der Waals surface area contributed by atoms with Crippen molar-refractivity contribution in [2.24, 2.45) is 5.92 Å². The predicted octanol–water partition coefficient (Wildman–Crippen LogP) is 4.73. The summed E-state index contributed by atoms with van der Waals surface area (Å²) in [6.45, 7) is 5.24. The van der Waals surface area contributed by atoms with Crippen molar-refractivity contribution in [2.75, 3.05) is 25.2 Å². The first kappa shape index (κ1) is 23.2. The minimum absolute atomic E-state index is 0.0535. The zero-order chi connectivity index (χ0) is 23.9. The number of hydrogen-bond donors (Lipinski definition) is 1. The number of nitrogens with one attached hydrogen (secondary N) is 1. The lowest BCUT2D eigenvalue weighted by atomic mass is 10.1. The van der Waals surface area contributed by atoms with E-state index < -0.39 is 0 Å². The van der Waals surface area contributed by atoms with Gasteiger partial charge in [-0.15, -0.1) is 0 Å². The van der Waals surface area contributed by atoms with Gasteiger partial charge in [-0.25, -0.2) is 4.79 Å². The summed E-state index contributed by atoms with van der Waals surface area (Å²) in [5.41, 5.74) is 1.58. The van der Waals surface area contributed by atoms with Crippen molar-refractivity contribution in [3.8, 4) is 11.5 Å². The molecule has 8 heteroatoms. The summed E-state index contributed by atoms with van der Waals surface area (Å²) < 4.78 is 16.4. The molecule has 0 radical (unpaired) electrons. The molecule has 1 N–H and O–H groups in total. The largest absolute Gasteiger partial charge is 0.467 e. The summed E-state index contributed by atoms with van der Waals surface area (Å²) >= 11 is 0. The number of nitrogens with zero attached hydrogens (tertiary/aromatic N) is 2.